The van der Waals surface area contributed by atoms with E-state index in [2.05, 4.69) is 20.9 Å². The van der Waals surface area contributed by atoms with Crippen molar-refractivity contribution in [2.24, 2.45) is 5.92 Å². The lowest BCUT2D eigenvalue weighted by atomic mass is 9.94. The first-order chi connectivity index (χ1) is 9.42. The summed E-state index contributed by atoms with van der Waals surface area (Å²) in [5, 5.41) is 3.44. The molecule has 1 aliphatic heterocycles. The highest BCUT2D eigenvalue weighted by atomic mass is 15.2. The van der Waals surface area contributed by atoms with E-state index in [0.717, 1.165) is 36.6 Å². The minimum atomic E-state index is 0.664. The van der Waals surface area contributed by atoms with E-state index in [0.29, 0.717) is 6.04 Å². The van der Waals surface area contributed by atoms with Crippen LogP contribution >= 0.6 is 0 Å². The van der Waals surface area contributed by atoms with Crippen LogP contribution in [-0.2, 0) is 6.42 Å². The second-order valence-electron chi connectivity index (χ2n) is 5.87. The number of piperidine rings is 1. The van der Waals surface area contributed by atoms with E-state index in [1.54, 1.807) is 0 Å². The fraction of sp³-hybridized carbons (Fsp3) is 0.600. The van der Waals surface area contributed by atoms with Crippen molar-refractivity contribution in [3.05, 3.63) is 24.2 Å². The van der Waals surface area contributed by atoms with Gasteiger partial charge in [0.1, 0.15) is 11.3 Å². The number of hydrogen-bond donors (Lipinski definition) is 1. The summed E-state index contributed by atoms with van der Waals surface area (Å²) in [7, 11) is 0. The van der Waals surface area contributed by atoms with E-state index in [1.807, 2.05) is 12.3 Å². The highest BCUT2D eigenvalue weighted by Gasteiger charge is 2.29. The Morgan fingerprint density at radius 1 is 1.21 bits per heavy atom. The molecule has 1 saturated heterocycles. The maximum Gasteiger partial charge on any atom is 0.160 e. The van der Waals surface area contributed by atoms with Crippen LogP contribution in [0.5, 0.6) is 0 Å². The summed E-state index contributed by atoms with van der Waals surface area (Å²) in [6.45, 7) is 2.32. The minimum Gasteiger partial charge on any atom is -0.317 e. The second-order valence-corrected chi connectivity index (χ2v) is 5.87. The smallest absolute Gasteiger partial charge is 0.160 e. The lowest BCUT2D eigenvalue weighted by Gasteiger charge is -2.22. The van der Waals surface area contributed by atoms with Gasteiger partial charge in [0.25, 0.3) is 0 Å². The second kappa shape index (κ2) is 4.60. The predicted molar refractivity (Wildman–Crippen MR) is 75.1 cm³/mol. The van der Waals surface area contributed by atoms with Crippen LogP contribution in [0.3, 0.4) is 0 Å². The largest absolute Gasteiger partial charge is 0.317 e. The lowest BCUT2D eigenvalue weighted by Crippen LogP contribution is -2.29. The van der Waals surface area contributed by atoms with Gasteiger partial charge in [0.15, 0.2) is 5.65 Å². The number of imidazole rings is 1. The topological polar surface area (TPSA) is 42.7 Å². The van der Waals surface area contributed by atoms with E-state index >= 15 is 0 Å². The molecule has 0 atom stereocenters. The Balaban J connectivity index is 1.69. The molecule has 0 bridgehead atoms. The molecule has 4 rings (SSSR count). The quantitative estimate of drug-likeness (QED) is 0.916. The van der Waals surface area contributed by atoms with Crippen molar-refractivity contribution < 1.29 is 0 Å². The third-order valence-electron chi connectivity index (χ3n) is 4.36. The molecule has 0 aromatic carbocycles. The molecule has 100 valence electrons. The summed E-state index contributed by atoms with van der Waals surface area (Å²) in [5.74, 6) is 2.05. The molecule has 2 aliphatic rings. The summed E-state index contributed by atoms with van der Waals surface area (Å²) in [6, 6.07) is 4.74. The van der Waals surface area contributed by atoms with Gasteiger partial charge < -0.3 is 9.88 Å². The molecule has 3 heterocycles. The molecule has 0 amide bonds. The molecule has 1 N–H and O–H groups in total. The molecular formula is C15H20N4. The highest BCUT2D eigenvalue weighted by molar-refractivity contribution is 5.71. The van der Waals surface area contributed by atoms with Crippen LogP contribution in [0.4, 0.5) is 0 Å². The summed E-state index contributed by atoms with van der Waals surface area (Å²) < 4.78 is 2.41. The summed E-state index contributed by atoms with van der Waals surface area (Å²) in [4.78, 5) is 9.39. The van der Waals surface area contributed by atoms with Crippen molar-refractivity contribution in [1.29, 1.82) is 0 Å². The Morgan fingerprint density at radius 2 is 2.05 bits per heavy atom. The van der Waals surface area contributed by atoms with Crippen molar-refractivity contribution in [3.8, 4) is 0 Å². The zero-order valence-corrected chi connectivity index (χ0v) is 11.2. The Hall–Kier alpha value is -1.42. The molecule has 1 aliphatic carbocycles. The van der Waals surface area contributed by atoms with Crippen LogP contribution in [0.15, 0.2) is 18.3 Å². The molecule has 0 spiro atoms. The molecular weight excluding hydrogens is 236 g/mol. The SMILES string of the molecule is c1cnc2c(c1)nc(CC1CCNCC1)n2C1CC1. The van der Waals surface area contributed by atoms with Gasteiger partial charge in [-0.05, 0) is 56.8 Å². The monoisotopic (exact) mass is 256 g/mol. The number of fused-ring (bicyclic) bond motifs is 1. The van der Waals surface area contributed by atoms with E-state index < -0.39 is 0 Å². The summed E-state index contributed by atoms with van der Waals surface area (Å²) in [6.07, 6.45) is 8.15. The van der Waals surface area contributed by atoms with Crippen molar-refractivity contribution in [2.75, 3.05) is 13.1 Å². The maximum absolute atomic E-state index is 4.85. The molecule has 19 heavy (non-hydrogen) atoms. The lowest BCUT2D eigenvalue weighted by molar-refractivity contribution is 0.363. The number of hydrogen-bond acceptors (Lipinski definition) is 3. The van der Waals surface area contributed by atoms with Crippen LogP contribution in [0.25, 0.3) is 11.2 Å². The average Bonchev–Trinajstić information content (AvgIpc) is 3.21. The number of nitrogens with zero attached hydrogens (tertiary/aromatic N) is 3. The van der Waals surface area contributed by atoms with E-state index in [-0.39, 0.29) is 0 Å². The first kappa shape index (κ1) is 11.4. The van der Waals surface area contributed by atoms with E-state index in [4.69, 9.17) is 4.98 Å². The van der Waals surface area contributed by atoms with Crippen LogP contribution in [-0.4, -0.2) is 27.6 Å². The first-order valence-electron chi connectivity index (χ1n) is 7.44. The van der Waals surface area contributed by atoms with E-state index in [9.17, 15) is 0 Å². The first-order valence-corrected chi connectivity index (χ1v) is 7.44. The van der Waals surface area contributed by atoms with Gasteiger partial charge in [-0.2, -0.15) is 0 Å². The zero-order valence-electron chi connectivity index (χ0n) is 11.2. The molecule has 2 fully saturated rings. The Bertz CT molecular complexity index is 579. The average molecular weight is 256 g/mol. The Labute approximate surface area is 113 Å². The minimum absolute atomic E-state index is 0.664. The summed E-state index contributed by atoms with van der Waals surface area (Å²) in [5.41, 5.74) is 2.16. The van der Waals surface area contributed by atoms with Crippen molar-refractivity contribution in [2.45, 2.75) is 38.1 Å². The van der Waals surface area contributed by atoms with Gasteiger partial charge in [-0.3, -0.25) is 0 Å². The van der Waals surface area contributed by atoms with Crippen molar-refractivity contribution >= 4 is 11.2 Å². The predicted octanol–water partition coefficient (Wildman–Crippen LogP) is 2.31. The Kier molecular flexibility index (Phi) is 2.76. The molecule has 4 nitrogen and oxygen atoms in total. The van der Waals surface area contributed by atoms with Crippen LogP contribution in [0.1, 0.15) is 37.5 Å². The molecule has 0 radical (unpaired) electrons. The number of nitrogens with one attached hydrogen (secondary N) is 1. The van der Waals surface area contributed by atoms with Crippen LogP contribution < -0.4 is 5.32 Å². The Morgan fingerprint density at radius 3 is 2.84 bits per heavy atom. The molecule has 2 aromatic rings. The van der Waals surface area contributed by atoms with Crippen LogP contribution in [0, 0.1) is 5.92 Å². The van der Waals surface area contributed by atoms with Gasteiger partial charge in [0.2, 0.25) is 0 Å². The van der Waals surface area contributed by atoms with E-state index in [1.165, 1.54) is 31.5 Å². The third-order valence-corrected chi connectivity index (χ3v) is 4.36. The highest BCUT2D eigenvalue weighted by Crippen LogP contribution is 2.38. The normalized spacial score (nSPS) is 21.1. The fourth-order valence-electron chi connectivity index (χ4n) is 3.18. The summed E-state index contributed by atoms with van der Waals surface area (Å²) >= 11 is 0. The standard InChI is InChI=1S/C15H20N4/c1-2-13-15(17-7-1)19(12-3-4-12)14(18-13)10-11-5-8-16-9-6-11/h1-2,7,11-12,16H,3-6,8-10H2. The number of rotatable bonds is 3. The molecule has 2 aromatic heterocycles. The number of aromatic nitrogens is 3. The number of pyridine rings is 1. The van der Waals surface area contributed by atoms with Crippen LogP contribution in [0.2, 0.25) is 0 Å². The van der Waals surface area contributed by atoms with Gasteiger partial charge in [0, 0.05) is 18.7 Å². The van der Waals surface area contributed by atoms with Crippen molar-refractivity contribution in [1.82, 2.24) is 19.9 Å². The molecule has 0 unspecified atom stereocenters. The van der Waals surface area contributed by atoms with Crippen molar-refractivity contribution in [3.63, 3.8) is 0 Å². The van der Waals surface area contributed by atoms with Gasteiger partial charge in [-0.1, -0.05) is 0 Å². The fourth-order valence-corrected chi connectivity index (χ4v) is 3.18. The third kappa shape index (κ3) is 2.14. The van der Waals surface area contributed by atoms with Gasteiger partial charge in [0.05, 0.1) is 0 Å². The zero-order chi connectivity index (χ0) is 12.7. The van der Waals surface area contributed by atoms with Gasteiger partial charge in [-0.25, -0.2) is 9.97 Å². The van der Waals surface area contributed by atoms with Gasteiger partial charge in [-0.15, -0.1) is 0 Å². The maximum atomic E-state index is 4.85. The van der Waals surface area contributed by atoms with Gasteiger partial charge >= 0.3 is 0 Å². The molecule has 1 saturated carbocycles. The molecule has 4 heteroatoms.